The molecule has 2 heterocycles. The van der Waals surface area contributed by atoms with Gasteiger partial charge < -0.3 is 5.32 Å². The number of amides is 1. The molecule has 1 N–H and O–H groups in total. The van der Waals surface area contributed by atoms with Crippen molar-refractivity contribution in [3.63, 3.8) is 0 Å². The van der Waals surface area contributed by atoms with Gasteiger partial charge in [0.05, 0.1) is 18.3 Å². The van der Waals surface area contributed by atoms with Crippen LogP contribution in [0.3, 0.4) is 0 Å². The number of carbonyl (C=O) groups is 1. The number of aromatic nitrogens is 5. The van der Waals surface area contributed by atoms with Crippen molar-refractivity contribution >= 4 is 11.7 Å². The molecule has 2 aromatic heterocycles. The molecule has 0 radical (unpaired) electrons. The van der Waals surface area contributed by atoms with E-state index in [0.29, 0.717) is 6.07 Å². The van der Waals surface area contributed by atoms with Gasteiger partial charge in [-0.15, -0.1) is 5.10 Å². The Balaban J connectivity index is 1.74. The molecular weight excluding hydrogens is 356 g/mol. The highest BCUT2D eigenvalue weighted by Crippen LogP contribution is 2.32. The van der Waals surface area contributed by atoms with Crippen LogP contribution in [-0.2, 0) is 12.7 Å². The first-order valence-electron chi connectivity index (χ1n) is 7.16. The lowest BCUT2D eigenvalue weighted by Crippen LogP contribution is -2.13. The summed E-state index contributed by atoms with van der Waals surface area (Å²) in [5.74, 6) is -1.69. The van der Waals surface area contributed by atoms with Crippen LogP contribution in [0.15, 0.2) is 43.0 Å². The smallest absolute Gasteiger partial charge is 0.305 e. The first kappa shape index (κ1) is 17.5. The van der Waals surface area contributed by atoms with Crippen molar-refractivity contribution in [2.75, 3.05) is 5.32 Å². The largest absolute Gasteiger partial charge is 0.419 e. The zero-order chi connectivity index (χ0) is 18.7. The lowest BCUT2D eigenvalue weighted by molar-refractivity contribution is -0.140. The summed E-state index contributed by atoms with van der Waals surface area (Å²) in [7, 11) is 0. The van der Waals surface area contributed by atoms with Crippen molar-refractivity contribution in [2.24, 2.45) is 0 Å². The van der Waals surface area contributed by atoms with E-state index in [1.165, 1.54) is 35.5 Å². The van der Waals surface area contributed by atoms with E-state index in [9.17, 15) is 22.4 Å². The fraction of sp³-hybridized carbons (Fsp3) is 0.133. The zero-order valence-corrected chi connectivity index (χ0v) is 12.9. The Morgan fingerprint density at radius 3 is 2.73 bits per heavy atom. The molecule has 0 aliphatic carbocycles. The number of hydrogen-bond acceptors (Lipinski definition) is 5. The number of nitrogens with zero attached hydrogens (tertiary/aromatic N) is 5. The molecule has 0 aliphatic heterocycles. The number of hydrogen-bond donors (Lipinski definition) is 1. The highest BCUT2D eigenvalue weighted by atomic mass is 19.4. The summed E-state index contributed by atoms with van der Waals surface area (Å²) in [6, 6.07) is 4.10. The van der Waals surface area contributed by atoms with Crippen LogP contribution in [0.4, 0.5) is 23.4 Å². The van der Waals surface area contributed by atoms with Crippen molar-refractivity contribution in [2.45, 2.75) is 12.7 Å². The number of halogens is 4. The van der Waals surface area contributed by atoms with Crippen LogP contribution < -0.4 is 5.32 Å². The molecule has 26 heavy (non-hydrogen) atoms. The second kappa shape index (κ2) is 6.86. The molecule has 0 unspecified atom stereocenters. The SMILES string of the molecule is O=C(Nc1ccncn1)c1cn(Cc2ccc(F)c(C(F)(F)F)c2)nn1. The van der Waals surface area contributed by atoms with Crippen LogP contribution in [-0.4, -0.2) is 30.9 Å². The number of alkyl halides is 3. The third-order valence-corrected chi connectivity index (χ3v) is 3.28. The van der Waals surface area contributed by atoms with Crippen molar-refractivity contribution in [3.8, 4) is 0 Å². The second-order valence-electron chi connectivity index (χ2n) is 5.16. The summed E-state index contributed by atoms with van der Waals surface area (Å²) in [6.45, 7) is -0.114. The average Bonchev–Trinajstić information content (AvgIpc) is 3.05. The number of rotatable bonds is 4. The van der Waals surface area contributed by atoms with Gasteiger partial charge in [0.15, 0.2) is 5.69 Å². The molecule has 1 aromatic carbocycles. The van der Waals surface area contributed by atoms with E-state index in [2.05, 4.69) is 25.6 Å². The molecule has 11 heteroatoms. The van der Waals surface area contributed by atoms with E-state index in [-0.39, 0.29) is 23.6 Å². The maximum absolute atomic E-state index is 13.3. The molecule has 3 aromatic rings. The molecule has 7 nitrogen and oxygen atoms in total. The van der Waals surface area contributed by atoms with Crippen molar-refractivity contribution in [1.82, 2.24) is 25.0 Å². The molecule has 0 bridgehead atoms. The van der Waals surface area contributed by atoms with Gasteiger partial charge in [0.25, 0.3) is 5.91 Å². The molecule has 0 spiro atoms. The Labute approximate surface area is 143 Å². The lowest BCUT2D eigenvalue weighted by Gasteiger charge is -2.09. The summed E-state index contributed by atoms with van der Waals surface area (Å²) in [6.07, 6.45) is -0.857. The monoisotopic (exact) mass is 366 g/mol. The van der Waals surface area contributed by atoms with Crippen LogP contribution in [0, 0.1) is 5.82 Å². The second-order valence-corrected chi connectivity index (χ2v) is 5.16. The normalized spacial score (nSPS) is 11.4. The van der Waals surface area contributed by atoms with Crippen molar-refractivity contribution in [3.05, 3.63) is 65.6 Å². The van der Waals surface area contributed by atoms with Crippen LogP contribution in [0.5, 0.6) is 0 Å². The van der Waals surface area contributed by atoms with Crippen molar-refractivity contribution < 1.29 is 22.4 Å². The minimum atomic E-state index is -4.80. The molecule has 1 amide bonds. The summed E-state index contributed by atoms with van der Waals surface area (Å²) in [4.78, 5) is 19.5. The fourth-order valence-corrected chi connectivity index (χ4v) is 2.10. The van der Waals surface area contributed by atoms with Crippen LogP contribution in [0.1, 0.15) is 21.6 Å². The fourth-order valence-electron chi connectivity index (χ4n) is 2.10. The van der Waals surface area contributed by atoms with Gasteiger partial charge in [0.1, 0.15) is 18.0 Å². The van der Waals surface area contributed by atoms with Crippen LogP contribution in [0.2, 0.25) is 0 Å². The highest BCUT2D eigenvalue weighted by molar-refractivity contribution is 6.01. The number of nitrogens with one attached hydrogen (secondary N) is 1. The van der Waals surface area contributed by atoms with Gasteiger partial charge in [-0.3, -0.25) is 4.79 Å². The Kier molecular flexibility index (Phi) is 4.61. The van der Waals surface area contributed by atoms with Gasteiger partial charge in [-0.1, -0.05) is 11.3 Å². The zero-order valence-electron chi connectivity index (χ0n) is 12.9. The van der Waals surface area contributed by atoms with Gasteiger partial charge in [0.2, 0.25) is 0 Å². The van der Waals surface area contributed by atoms with Crippen LogP contribution in [0.25, 0.3) is 0 Å². The quantitative estimate of drug-likeness (QED) is 0.717. The van der Waals surface area contributed by atoms with Gasteiger partial charge in [-0.25, -0.2) is 19.0 Å². The molecular formula is C15H10F4N6O. The highest BCUT2D eigenvalue weighted by Gasteiger charge is 2.34. The van der Waals surface area contributed by atoms with E-state index in [4.69, 9.17) is 0 Å². The molecule has 0 atom stereocenters. The third kappa shape index (κ3) is 3.99. The Bertz CT molecular complexity index is 925. The Morgan fingerprint density at radius 1 is 1.23 bits per heavy atom. The number of benzene rings is 1. The Morgan fingerprint density at radius 2 is 2.04 bits per heavy atom. The molecule has 0 saturated carbocycles. The van der Waals surface area contributed by atoms with Gasteiger partial charge in [-0.2, -0.15) is 13.2 Å². The number of carbonyl (C=O) groups excluding carboxylic acids is 1. The van der Waals surface area contributed by atoms with Gasteiger partial charge in [-0.05, 0) is 23.8 Å². The molecule has 0 aliphatic rings. The van der Waals surface area contributed by atoms with Crippen molar-refractivity contribution in [1.29, 1.82) is 0 Å². The van der Waals surface area contributed by atoms with E-state index in [1.54, 1.807) is 0 Å². The standard InChI is InChI=1S/C15H10F4N6O/c16-11-2-1-9(5-10(11)15(17,18)19)6-25-7-12(23-24-25)14(26)22-13-3-4-20-8-21-13/h1-5,7-8H,6H2,(H,20,21,22,26). The summed E-state index contributed by atoms with van der Waals surface area (Å²) in [5.41, 5.74) is -1.26. The van der Waals surface area contributed by atoms with E-state index >= 15 is 0 Å². The average molecular weight is 366 g/mol. The molecule has 3 rings (SSSR count). The minimum Gasteiger partial charge on any atom is -0.305 e. The van der Waals surface area contributed by atoms with Crippen LogP contribution >= 0.6 is 0 Å². The molecule has 134 valence electrons. The first-order chi connectivity index (χ1) is 12.3. The predicted octanol–water partition coefficient (Wildman–Crippen LogP) is 2.53. The molecule has 0 saturated heterocycles. The summed E-state index contributed by atoms with van der Waals surface area (Å²) in [5, 5.41) is 9.81. The lowest BCUT2D eigenvalue weighted by atomic mass is 10.1. The third-order valence-electron chi connectivity index (χ3n) is 3.28. The van der Waals surface area contributed by atoms with Gasteiger partial charge >= 0.3 is 6.18 Å². The molecule has 0 fully saturated rings. The maximum Gasteiger partial charge on any atom is 0.419 e. The maximum atomic E-state index is 13.3. The number of anilines is 1. The first-order valence-corrected chi connectivity index (χ1v) is 7.16. The topological polar surface area (TPSA) is 85.6 Å². The van der Waals surface area contributed by atoms with E-state index < -0.39 is 23.5 Å². The van der Waals surface area contributed by atoms with E-state index in [1.807, 2.05) is 0 Å². The van der Waals surface area contributed by atoms with E-state index in [0.717, 1.165) is 6.07 Å². The predicted molar refractivity (Wildman–Crippen MR) is 80.5 cm³/mol. The summed E-state index contributed by atoms with van der Waals surface area (Å²) >= 11 is 0. The van der Waals surface area contributed by atoms with Gasteiger partial charge in [0, 0.05) is 6.20 Å². The Hall–Kier alpha value is -3.37. The minimum absolute atomic E-state index is 0.0539. The summed E-state index contributed by atoms with van der Waals surface area (Å²) < 4.78 is 52.7.